The normalized spacial score (nSPS) is 10.1. The number of ether oxygens (including phenoxy) is 3. The van der Waals surface area contributed by atoms with Crippen molar-refractivity contribution in [3.63, 3.8) is 0 Å². The van der Waals surface area contributed by atoms with Crippen LogP contribution < -0.4 is 14.2 Å². The third-order valence-corrected chi connectivity index (χ3v) is 3.30. The number of hydrogen-bond acceptors (Lipinski definition) is 3. The minimum atomic E-state index is 0.475. The van der Waals surface area contributed by atoms with E-state index in [2.05, 4.69) is 15.9 Å². The first-order valence-corrected chi connectivity index (χ1v) is 6.62. The van der Waals surface area contributed by atoms with Gasteiger partial charge in [-0.05, 0) is 33.6 Å². The Morgan fingerprint density at radius 2 is 1.63 bits per heavy atom. The Hall–Kier alpha value is -1.68. The van der Waals surface area contributed by atoms with Crippen LogP contribution in [0.2, 0.25) is 0 Å². The number of benzene rings is 2. The Morgan fingerprint density at radius 3 is 2.26 bits per heavy atom. The second-order valence-electron chi connectivity index (χ2n) is 3.89. The van der Waals surface area contributed by atoms with E-state index in [0.29, 0.717) is 23.9 Å². The molecule has 0 unspecified atom stereocenters. The standard InChI is InChI=1S/C15H15BrO3/c1-17-13-9-8-12(16)14(15(13)18-2)19-10-11-6-4-3-5-7-11/h3-9H,10H2,1-2H3. The van der Waals surface area contributed by atoms with Crippen molar-refractivity contribution in [3.05, 3.63) is 52.5 Å². The van der Waals surface area contributed by atoms with Crippen LogP contribution in [0, 0.1) is 0 Å². The number of halogens is 1. The smallest absolute Gasteiger partial charge is 0.204 e. The second kappa shape index (κ2) is 6.48. The summed E-state index contributed by atoms with van der Waals surface area (Å²) in [7, 11) is 3.20. The number of hydrogen-bond donors (Lipinski definition) is 0. The summed E-state index contributed by atoms with van der Waals surface area (Å²) < 4.78 is 17.3. The van der Waals surface area contributed by atoms with E-state index in [9.17, 15) is 0 Å². The maximum absolute atomic E-state index is 5.84. The summed E-state index contributed by atoms with van der Waals surface area (Å²) in [5.74, 6) is 1.88. The van der Waals surface area contributed by atoms with Gasteiger partial charge in [0.15, 0.2) is 11.5 Å². The molecule has 2 rings (SSSR count). The van der Waals surface area contributed by atoms with E-state index in [4.69, 9.17) is 14.2 Å². The zero-order valence-electron chi connectivity index (χ0n) is 10.9. The van der Waals surface area contributed by atoms with Crippen molar-refractivity contribution in [2.24, 2.45) is 0 Å². The number of methoxy groups -OCH3 is 2. The zero-order chi connectivity index (χ0) is 13.7. The Kier molecular flexibility index (Phi) is 4.68. The van der Waals surface area contributed by atoms with Gasteiger partial charge in [0.2, 0.25) is 5.75 Å². The van der Waals surface area contributed by atoms with Crippen LogP contribution in [-0.2, 0) is 6.61 Å². The third-order valence-electron chi connectivity index (χ3n) is 2.68. The van der Waals surface area contributed by atoms with E-state index < -0.39 is 0 Å². The molecule has 0 aliphatic heterocycles. The molecule has 0 aromatic heterocycles. The predicted octanol–water partition coefficient (Wildman–Crippen LogP) is 4.05. The Morgan fingerprint density at radius 1 is 0.895 bits per heavy atom. The van der Waals surface area contributed by atoms with E-state index in [1.807, 2.05) is 42.5 Å². The Balaban J connectivity index is 2.24. The molecular formula is C15H15BrO3. The molecule has 0 saturated carbocycles. The molecule has 0 heterocycles. The fraction of sp³-hybridized carbons (Fsp3) is 0.200. The zero-order valence-corrected chi connectivity index (χ0v) is 12.4. The fourth-order valence-corrected chi connectivity index (χ4v) is 2.17. The maximum atomic E-state index is 5.84. The van der Waals surface area contributed by atoms with Crippen LogP contribution in [0.25, 0.3) is 0 Å². The highest BCUT2D eigenvalue weighted by Crippen LogP contribution is 2.42. The highest BCUT2D eigenvalue weighted by molar-refractivity contribution is 9.10. The van der Waals surface area contributed by atoms with Gasteiger partial charge in [0.25, 0.3) is 0 Å². The highest BCUT2D eigenvalue weighted by atomic mass is 79.9. The Bertz CT molecular complexity index is 541. The van der Waals surface area contributed by atoms with Crippen LogP contribution in [-0.4, -0.2) is 14.2 Å². The fourth-order valence-electron chi connectivity index (χ4n) is 1.74. The highest BCUT2D eigenvalue weighted by Gasteiger charge is 2.15. The summed E-state index contributed by atoms with van der Waals surface area (Å²) in [6.45, 7) is 0.475. The van der Waals surface area contributed by atoms with E-state index in [1.165, 1.54) is 0 Å². The molecule has 0 spiro atoms. The summed E-state index contributed by atoms with van der Waals surface area (Å²) >= 11 is 3.46. The van der Waals surface area contributed by atoms with Gasteiger partial charge in [-0.2, -0.15) is 0 Å². The van der Waals surface area contributed by atoms with Crippen molar-refractivity contribution < 1.29 is 14.2 Å². The van der Waals surface area contributed by atoms with E-state index in [1.54, 1.807) is 14.2 Å². The average molecular weight is 323 g/mol. The quantitative estimate of drug-likeness (QED) is 0.831. The lowest BCUT2D eigenvalue weighted by Crippen LogP contribution is -2.00. The molecule has 2 aromatic rings. The summed E-state index contributed by atoms with van der Waals surface area (Å²) in [6.07, 6.45) is 0. The van der Waals surface area contributed by atoms with Crippen LogP contribution in [0.4, 0.5) is 0 Å². The molecule has 0 fully saturated rings. The third kappa shape index (κ3) is 3.20. The first kappa shape index (κ1) is 13.7. The van der Waals surface area contributed by atoms with Gasteiger partial charge in [-0.1, -0.05) is 30.3 Å². The van der Waals surface area contributed by atoms with Crippen LogP contribution in [0.3, 0.4) is 0 Å². The van der Waals surface area contributed by atoms with E-state index in [0.717, 1.165) is 10.0 Å². The van der Waals surface area contributed by atoms with Gasteiger partial charge in [0, 0.05) is 0 Å². The molecule has 0 aliphatic rings. The van der Waals surface area contributed by atoms with Crippen molar-refractivity contribution in [1.82, 2.24) is 0 Å². The monoisotopic (exact) mass is 322 g/mol. The van der Waals surface area contributed by atoms with Gasteiger partial charge in [-0.15, -0.1) is 0 Å². The summed E-state index contributed by atoms with van der Waals surface area (Å²) in [5.41, 5.74) is 1.10. The molecule has 0 N–H and O–H groups in total. The van der Waals surface area contributed by atoms with Crippen molar-refractivity contribution >= 4 is 15.9 Å². The largest absolute Gasteiger partial charge is 0.493 e. The van der Waals surface area contributed by atoms with Crippen LogP contribution in [0.5, 0.6) is 17.2 Å². The minimum Gasteiger partial charge on any atom is -0.493 e. The van der Waals surface area contributed by atoms with Gasteiger partial charge in [0.1, 0.15) is 6.61 Å². The molecule has 19 heavy (non-hydrogen) atoms. The molecule has 0 atom stereocenters. The molecule has 0 aliphatic carbocycles. The van der Waals surface area contributed by atoms with E-state index >= 15 is 0 Å². The predicted molar refractivity (Wildman–Crippen MR) is 78.0 cm³/mol. The van der Waals surface area contributed by atoms with Crippen LogP contribution in [0.15, 0.2) is 46.9 Å². The van der Waals surface area contributed by atoms with Crippen molar-refractivity contribution in [2.45, 2.75) is 6.61 Å². The van der Waals surface area contributed by atoms with Gasteiger partial charge in [-0.3, -0.25) is 0 Å². The van der Waals surface area contributed by atoms with E-state index in [-0.39, 0.29) is 0 Å². The summed E-state index contributed by atoms with van der Waals surface area (Å²) in [6, 6.07) is 13.7. The number of rotatable bonds is 5. The molecule has 2 aromatic carbocycles. The SMILES string of the molecule is COc1ccc(Br)c(OCc2ccccc2)c1OC. The molecule has 0 bridgehead atoms. The second-order valence-corrected chi connectivity index (χ2v) is 4.74. The van der Waals surface area contributed by atoms with Crippen LogP contribution in [0.1, 0.15) is 5.56 Å². The molecule has 4 heteroatoms. The van der Waals surface area contributed by atoms with Crippen molar-refractivity contribution in [2.75, 3.05) is 14.2 Å². The van der Waals surface area contributed by atoms with Gasteiger partial charge in [-0.25, -0.2) is 0 Å². The molecule has 0 radical (unpaired) electrons. The van der Waals surface area contributed by atoms with Crippen molar-refractivity contribution in [3.8, 4) is 17.2 Å². The lowest BCUT2D eigenvalue weighted by molar-refractivity contribution is 0.273. The van der Waals surface area contributed by atoms with Gasteiger partial charge < -0.3 is 14.2 Å². The maximum Gasteiger partial charge on any atom is 0.204 e. The minimum absolute atomic E-state index is 0.475. The first-order valence-electron chi connectivity index (χ1n) is 5.83. The molecule has 3 nitrogen and oxygen atoms in total. The topological polar surface area (TPSA) is 27.7 Å². The first-order chi connectivity index (χ1) is 9.26. The van der Waals surface area contributed by atoms with Gasteiger partial charge in [0.05, 0.1) is 18.7 Å². The average Bonchev–Trinajstić information content (AvgIpc) is 2.46. The summed E-state index contributed by atoms with van der Waals surface area (Å²) in [4.78, 5) is 0. The van der Waals surface area contributed by atoms with Crippen LogP contribution >= 0.6 is 15.9 Å². The lowest BCUT2D eigenvalue weighted by atomic mass is 10.2. The Labute approximate surface area is 121 Å². The molecule has 0 amide bonds. The summed E-state index contributed by atoms with van der Waals surface area (Å²) in [5, 5.41) is 0. The van der Waals surface area contributed by atoms with Gasteiger partial charge >= 0.3 is 0 Å². The molecule has 0 saturated heterocycles. The molecular weight excluding hydrogens is 308 g/mol. The van der Waals surface area contributed by atoms with Crippen molar-refractivity contribution in [1.29, 1.82) is 0 Å². The molecule has 100 valence electrons. The lowest BCUT2D eigenvalue weighted by Gasteiger charge is -2.15.